The van der Waals surface area contributed by atoms with Crippen LogP contribution in [0.4, 0.5) is 0 Å². The number of nitriles is 1. The maximum Gasteiger partial charge on any atom is 0.183 e. The number of thioether (sulfide) groups is 1. The van der Waals surface area contributed by atoms with Crippen LogP contribution in [0.25, 0.3) is 0 Å². The first-order chi connectivity index (χ1) is 8.48. The van der Waals surface area contributed by atoms with E-state index in [-0.39, 0.29) is 16.3 Å². The zero-order valence-electron chi connectivity index (χ0n) is 10.2. The summed E-state index contributed by atoms with van der Waals surface area (Å²) in [5.74, 6) is 0.793. The molecule has 0 fully saturated rings. The molecule has 0 aromatic heterocycles. The summed E-state index contributed by atoms with van der Waals surface area (Å²) in [5, 5.41) is 8.48. The molecular weight excluding hydrogens is 290 g/mol. The maximum absolute atomic E-state index is 12.3. The van der Waals surface area contributed by atoms with Gasteiger partial charge in [-0.1, -0.05) is 13.0 Å². The second-order valence-corrected chi connectivity index (χ2v) is 7.63. The number of sulfone groups is 1. The van der Waals surface area contributed by atoms with Gasteiger partial charge < -0.3 is 0 Å². The molecule has 0 spiro atoms. The Hall–Kier alpha value is -0.700. The van der Waals surface area contributed by atoms with Crippen molar-refractivity contribution in [2.75, 3.05) is 11.6 Å². The lowest BCUT2D eigenvalue weighted by Gasteiger charge is -2.13. The van der Waals surface area contributed by atoms with Crippen molar-refractivity contribution in [2.24, 2.45) is 0 Å². The van der Waals surface area contributed by atoms with Crippen molar-refractivity contribution in [3.8, 4) is 6.07 Å². The zero-order valence-corrected chi connectivity index (χ0v) is 12.6. The van der Waals surface area contributed by atoms with Gasteiger partial charge >= 0.3 is 0 Å². The van der Waals surface area contributed by atoms with Crippen molar-refractivity contribution in [1.29, 1.82) is 5.26 Å². The van der Waals surface area contributed by atoms with Gasteiger partial charge in [0.15, 0.2) is 9.84 Å². The van der Waals surface area contributed by atoms with Crippen LogP contribution >= 0.6 is 23.4 Å². The molecule has 0 amide bonds. The molecule has 1 aromatic rings. The highest BCUT2D eigenvalue weighted by atomic mass is 35.5. The fraction of sp³-hybridized carbons (Fsp3) is 0.417. The third kappa shape index (κ3) is 3.00. The van der Waals surface area contributed by atoms with Crippen LogP contribution in [0.1, 0.15) is 19.4 Å². The van der Waals surface area contributed by atoms with E-state index in [9.17, 15) is 13.7 Å². The van der Waals surface area contributed by atoms with Gasteiger partial charge in [0.2, 0.25) is 0 Å². The minimum Gasteiger partial charge on any atom is -0.223 e. The number of hydrogen-bond acceptors (Lipinski definition) is 4. The number of alkyl halides is 1. The van der Waals surface area contributed by atoms with E-state index in [0.29, 0.717) is 4.90 Å². The lowest BCUT2D eigenvalue weighted by Crippen LogP contribution is -2.20. The van der Waals surface area contributed by atoms with Crippen LogP contribution in [0.2, 0.25) is 0 Å². The highest BCUT2D eigenvalue weighted by molar-refractivity contribution is 7.99. The molecule has 0 saturated carbocycles. The lowest BCUT2D eigenvalue weighted by atomic mass is 10.2. The summed E-state index contributed by atoms with van der Waals surface area (Å²) < 4.78 is 24.5. The molecule has 0 aliphatic rings. The average Bonchev–Trinajstić information content (AvgIpc) is 2.37. The van der Waals surface area contributed by atoms with E-state index in [1.54, 1.807) is 19.1 Å². The number of rotatable bonds is 5. The smallest absolute Gasteiger partial charge is 0.183 e. The van der Waals surface area contributed by atoms with E-state index < -0.39 is 15.1 Å². The summed E-state index contributed by atoms with van der Waals surface area (Å²) in [6, 6.07) is 6.88. The van der Waals surface area contributed by atoms with Crippen molar-refractivity contribution in [2.45, 2.75) is 28.9 Å². The van der Waals surface area contributed by atoms with Gasteiger partial charge in [-0.3, -0.25) is 0 Å². The van der Waals surface area contributed by atoms with Crippen molar-refractivity contribution in [3.05, 3.63) is 23.8 Å². The Kier molecular flexibility index (Phi) is 5.51. The first kappa shape index (κ1) is 15.4. The van der Waals surface area contributed by atoms with Crippen molar-refractivity contribution < 1.29 is 8.42 Å². The van der Waals surface area contributed by atoms with Crippen LogP contribution in [0.3, 0.4) is 0 Å². The standard InChI is InChI=1S/C12H14ClNO2S2/c1-3-17-11-5-4-6-12(10(11)8-14)18(15,16)9(2)7-13/h4-6,9H,3,7H2,1-2H3. The Morgan fingerprint density at radius 1 is 1.50 bits per heavy atom. The minimum absolute atomic E-state index is 0.0123. The minimum atomic E-state index is -3.54. The van der Waals surface area contributed by atoms with Gasteiger partial charge in [-0.15, -0.1) is 23.4 Å². The second-order valence-electron chi connectivity index (χ2n) is 3.68. The fourth-order valence-corrected chi connectivity index (χ4v) is 4.09. The highest BCUT2D eigenvalue weighted by Crippen LogP contribution is 2.29. The van der Waals surface area contributed by atoms with Crippen molar-refractivity contribution in [1.82, 2.24) is 0 Å². The van der Waals surface area contributed by atoms with Crippen LogP contribution in [0.15, 0.2) is 28.0 Å². The summed E-state index contributed by atoms with van der Waals surface area (Å²) >= 11 is 7.07. The summed E-state index contributed by atoms with van der Waals surface area (Å²) in [6.07, 6.45) is 0. The van der Waals surface area contributed by atoms with E-state index in [1.165, 1.54) is 17.8 Å². The predicted molar refractivity (Wildman–Crippen MR) is 74.9 cm³/mol. The second kappa shape index (κ2) is 6.46. The number of nitrogens with zero attached hydrogens (tertiary/aromatic N) is 1. The first-order valence-electron chi connectivity index (χ1n) is 5.44. The lowest BCUT2D eigenvalue weighted by molar-refractivity contribution is 0.587. The van der Waals surface area contributed by atoms with Crippen LogP contribution in [-0.4, -0.2) is 25.3 Å². The van der Waals surface area contributed by atoms with Gasteiger partial charge in [0.05, 0.1) is 15.7 Å². The Morgan fingerprint density at radius 2 is 2.17 bits per heavy atom. The topological polar surface area (TPSA) is 57.9 Å². The quantitative estimate of drug-likeness (QED) is 0.619. The monoisotopic (exact) mass is 303 g/mol. The van der Waals surface area contributed by atoms with Gasteiger partial charge in [-0.2, -0.15) is 5.26 Å². The Labute approximate surface area is 117 Å². The molecule has 0 aliphatic carbocycles. The first-order valence-corrected chi connectivity index (χ1v) is 8.51. The maximum atomic E-state index is 12.3. The fourth-order valence-electron chi connectivity index (χ4n) is 1.43. The number of hydrogen-bond donors (Lipinski definition) is 0. The van der Waals surface area contributed by atoms with E-state index in [0.717, 1.165) is 5.75 Å². The molecule has 0 aliphatic heterocycles. The number of halogens is 1. The SMILES string of the molecule is CCSc1cccc(S(=O)(=O)C(C)CCl)c1C#N. The third-order valence-corrected chi connectivity index (χ3v) is 6.22. The van der Waals surface area contributed by atoms with Crippen LogP contribution in [-0.2, 0) is 9.84 Å². The highest BCUT2D eigenvalue weighted by Gasteiger charge is 2.26. The summed E-state index contributed by atoms with van der Waals surface area (Å²) in [5.41, 5.74) is 0.223. The molecule has 0 radical (unpaired) electrons. The van der Waals surface area contributed by atoms with E-state index in [4.69, 9.17) is 11.6 Å². The van der Waals surface area contributed by atoms with E-state index >= 15 is 0 Å². The van der Waals surface area contributed by atoms with E-state index in [2.05, 4.69) is 0 Å². The predicted octanol–water partition coefficient (Wildman–Crippen LogP) is 3.07. The van der Waals surface area contributed by atoms with Gasteiger partial charge in [-0.25, -0.2) is 8.42 Å². The van der Waals surface area contributed by atoms with Gasteiger partial charge in [0.25, 0.3) is 0 Å². The number of benzene rings is 1. The Balaban J connectivity index is 3.43. The van der Waals surface area contributed by atoms with Crippen LogP contribution < -0.4 is 0 Å². The van der Waals surface area contributed by atoms with Crippen molar-refractivity contribution in [3.63, 3.8) is 0 Å². The molecule has 18 heavy (non-hydrogen) atoms. The zero-order chi connectivity index (χ0) is 13.8. The van der Waals surface area contributed by atoms with Gasteiger partial charge in [-0.05, 0) is 24.8 Å². The molecular formula is C12H14ClNO2S2. The van der Waals surface area contributed by atoms with Crippen molar-refractivity contribution >= 4 is 33.2 Å². The molecule has 1 unspecified atom stereocenters. The van der Waals surface area contributed by atoms with Crippen LogP contribution in [0.5, 0.6) is 0 Å². The third-order valence-electron chi connectivity index (χ3n) is 2.45. The summed E-state index contributed by atoms with van der Waals surface area (Å²) in [7, 11) is -3.54. The molecule has 0 N–H and O–H groups in total. The van der Waals surface area contributed by atoms with E-state index in [1.807, 2.05) is 13.0 Å². The Morgan fingerprint density at radius 3 is 2.67 bits per heavy atom. The molecule has 1 aromatic carbocycles. The molecule has 98 valence electrons. The summed E-state index contributed by atoms with van der Waals surface area (Å²) in [6.45, 7) is 3.50. The molecule has 0 heterocycles. The summed E-state index contributed by atoms with van der Waals surface area (Å²) in [4.78, 5) is 0.777. The normalized spacial score (nSPS) is 13.0. The Bertz CT molecular complexity index is 564. The largest absolute Gasteiger partial charge is 0.223 e. The van der Waals surface area contributed by atoms with Gasteiger partial charge in [0.1, 0.15) is 6.07 Å². The molecule has 3 nitrogen and oxygen atoms in total. The van der Waals surface area contributed by atoms with Crippen LogP contribution in [0, 0.1) is 11.3 Å². The molecule has 1 rings (SSSR count). The molecule has 0 saturated heterocycles. The molecule has 6 heteroatoms. The molecule has 0 bridgehead atoms. The van der Waals surface area contributed by atoms with Gasteiger partial charge in [0, 0.05) is 10.8 Å². The molecule has 1 atom stereocenters. The average molecular weight is 304 g/mol.